The molecule has 0 unspecified atom stereocenters. The first-order valence-electron chi connectivity index (χ1n) is 8.43. The fourth-order valence-corrected chi connectivity index (χ4v) is 4.83. The summed E-state index contributed by atoms with van der Waals surface area (Å²) in [6.45, 7) is 7.33. The van der Waals surface area contributed by atoms with Crippen molar-refractivity contribution < 1.29 is 12.9 Å². The molecule has 0 saturated heterocycles. The van der Waals surface area contributed by atoms with E-state index in [1.54, 1.807) is 36.7 Å². The summed E-state index contributed by atoms with van der Waals surface area (Å²) in [5.74, 6) is 0.701. The zero-order valence-electron chi connectivity index (χ0n) is 15.8. The molecule has 2 aromatic heterocycles. The summed E-state index contributed by atoms with van der Waals surface area (Å²) in [5.41, 5.74) is 2.93. The van der Waals surface area contributed by atoms with Gasteiger partial charge in [0, 0.05) is 24.9 Å². The van der Waals surface area contributed by atoms with Gasteiger partial charge < -0.3 is 9.09 Å². The lowest BCUT2D eigenvalue weighted by molar-refractivity contribution is 0.422. The second kappa shape index (κ2) is 7.01. The smallest absolute Gasteiger partial charge is 0.264 e. The normalized spacial score (nSPS) is 11.8. The van der Waals surface area contributed by atoms with E-state index in [1.165, 1.54) is 0 Å². The van der Waals surface area contributed by atoms with Crippen LogP contribution in [0.3, 0.4) is 0 Å². The summed E-state index contributed by atoms with van der Waals surface area (Å²) in [7, 11) is -2.15. The monoisotopic (exact) mass is 408 g/mol. The van der Waals surface area contributed by atoms with Gasteiger partial charge in [-0.15, -0.1) is 0 Å². The first-order valence-corrected chi connectivity index (χ1v) is 10.3. The molecule has 7 nitrogen and oxygen atoms in total. The molecule has 0 bridgehead atoms. The lowest BCUT2D eigenvalue weighted by Gasteiger charge is -2.11. The van der Waals surface area contributed by atoms with Gasteiger partial charge in [0.2, 0.25) is 0 Å². The molecule has 0 saturated carbocycles. The van der Waals surface area contributed by atoms with Crippen LogP contribution in [0.2, 0.25) is 5.02 Å². The highest BCUT2D eigenvalue weighted by Crippen LogP contribution is 2.36. The molecule has 0 aliphatic rings. The van der Waals surface area contributed by atoms with Crippen LogP contribution in [-0.4, -0.2) is 23.1 Å². The molecule has 27 heavy (non-hydrogen) atoms. The third-order valence-electron chi connectivity index (χ3n) is 4.56. The molecular formula is C18H21ClN4O3S. The van der Waals surface area contributed by atoms with E-state index in [9.17, 15) is 8.42 Å². The third-order valence-corrected chi connectivity index (χ3v) is 6.40. The highest BCUT2D eigenvalue weighted by Gasteiger charge is 2.31. The lowest BCUT2D eigenvalue weighted by Crippen LogP contribution is -2.15. The van der Waals surface area contributed by atoms with Gasteiger partial charge in [0.15, 0.2) is 5.82 Å². The van der Waals surface area contributed by atoms with Gasteiger partial charge in [0.25, 0.3) is 15.9 Å². The second-order valence-corrected chi connectivity index (χ2v) is 8.42. The summed E-state index contributed by atoms with van der Waals surface area (Å²) < 4.78 is 36.1. The topological polar surface area (TPSA) is 90.0 Å². The average molecular weight is 409 g/mol. The van der Waals surface area contributed by atoms with E-state index in [4.69, 9.17) is 16.1 Å². The number of halogens is 1. The Hall–Kier alpha value is -2.32. The first kappa shape index (κ1) is 19.4. The van der Waals surface area contributed by atoms with E-state index in [0.717, 1.165) is 5.56 Å². The van der Waals surface area contributed by atoms with Crippen molar-refractivity contribution in [3.63, 3.8) is 0 Å². The Balaban J connectivity index is 2.16. The van der Waals surface area contributed by atoms with E-state index >= 15 is 0 Å². The van der Waals surface area contributed by atoms with Crippen molar-refractivity contribution in [3.8, 4) is 11.5 Å². The molecular weight excluding hydrogens is 388 g/mol. The van der Waals surface area contributed by atoms with Crippen molar-refractivity contribution in [2.45, 2.75) is 39.0 Å². The van der Waals surface area contributed by atoms with Crippen molar-refractivity contribution in [1.29, 1.82) is 0 Å². The molecule has 0 spiro atoms. The molecule has 0 amide bonds. The fraction of sp³-hybridized carbons (Fsp3) is 0.333. The van der Waals surface area contributed by atoms with Gasteiger partial charge in [-0.2, -0.15) is 4.98 Å². The zero-order chi connectivity index (χ0) is 19.9. The van der Waals surface area contributed by atoms with E-state index < -0.39 is 10.0 Å². The minimum atomic E-state index is -3.94. The molecule has 3 rings (SSSR count). The summed E-state index contributed by atoms with van der Waals surface area (Å²) in [4.78, 5) is 4.42. The maximum absolute atomic E-state index is 13.2. The zero-order valence-corrected chi connectivity index (χ0v) is 17.4. The molecule has 3 aromatic rings. The van der Waals surface area contributed by atoms with E-state index in [0.29, 0.717) is 39.9 Å². The van der Waals surface area contributed by atoms with Crippen molar-refractivity contribution >= 4 is 27.3 Å². The Labute approximate surface area is 163 Å². The van der Waals surface area contributed by atoms with Crippen LogP contribution in [0.15, 0.2) is 27.6 Å². The molecule has 1 N–H and O–H groups in total. The largest absolute Gasteiger partial charge is 0.350 e. The Kier molecular flexibility index (Phi) is 5.05. The van der Waals surface area contributed by atoms with Crippen LogP contribution in [-0.2, 0) is 23.5 Å². The summed E-state index contributed by atoms with van der Waals surface area (Å²) >= 11 is 6.21. The molecule has 144 valence electrons. The van der Waals surface area contributed by atoms with Crippen LogP contribution in [0.5, 0.6) is 0 Å². The van der Waals surface area contributed by atoms with Crippen molar-refractivity contribution in [3.05, 3.63) is 46.0 Å². The standard InChI is InChI=1S/C18H21ClN4O3S/c1-6-15-20-18(26-21-15)16-11(3)23(5)12(4)17(16)27(24,25)22-14-8-7-10(2)9-13(14)19/h7-9,22H,6H2,1-5H3. The number of hydrogen-bond acceptors (Lipinski definition) is 5. The van der Waals surface area contributed by atoms with Crippen molar-refractivity contribution in [2.24, 2.45) is 7.05 Å². The van der Waals surface area contributed by atoms with E-state index in [1.807, 2.05) is 20.8 Å². The average Bonchev–Trinajstić information content (AvgIpc) is 3.16. The number of hydrogen-bond donors (Lipinski definition) is 1. The Bertz CT molecular complexity index is 1120. The van der Waals surface area contributed by atoms with Crippen LogP contribution in [0.1, 0.15) is 29.7 Å². The molecule has 0 fully saturated rings. The maximum Gasteiger partial charge on any atom is 0.264 e. The molecule has 2 heterocycles. The van der Waals surface area contributed by atoms with Crippen LogP contribution in [0.4, 0.5) is 5.69 Å². The fourth-order valence-electron chi connectivity index (χ4n) is 2.90. The molecule has 9 heteroatoms. The minimum Gasteiger partial charge on any atom is -0.350 e. The van der Waals surface area contributed by atoms with Gasteiger partial charge >= 0.3 is 0 Å². The molecule has 0 aliphatic carbocycles. The van der Waals surface area contributed by atoms with E-state index in [-0.39, 0.29) is 10.8 Å². The van der Waals surface area contributed by atoms with Gasteiger partial charge in [-0.05, 0) is 38.5 Å². The predicted octanol–water partition coefficient (Wildman–Crippen LogP) is 4.02. The van der Waals surface area contributed by atoms with Gasteiger partial charge in [-0.3, -0.25) is 4.72 Å². The maximum atomic E-state index is 13.2. The summed E-state index contributed by atoms with van der Waals surface area (Å²) in [6.07, 6.45) is 0.591. The number of aryl methyl sites for hydroxylation is 2. The van der Waals surface area contributed by atoms with Crippen molar-refractivity contribution in [2.75, 3.05) is 4.72 Å². The second-order valence-electron chi connectivity index (χ2n) is 6.39. The number of benzene rings is 1. The van der Waals surface area contributed by atoms with Gasteiger partial charge in [-0.1, -0.05) is 29.7 Å². The number of aromatic nitrogens is 3. The lowest BCUT2D eigenvalue weighted by atomic mass is 10.2. The number of anilines is 1. The molecule has 0 aliphatic heterocycles. The predicted molar refractivity (Wildman–Crippen MR) is 105 cm³/mol. The van der Waals surface area contributed by atoms with Crippen LogP contribution in [0.25, 0.3) is 11.5 Å². The Morgan fingerprint density at radius 3 is 2.52 bits per heavy atom. The molecule has 1 aromatic carbocycles. The van der Waals surface area contributed by atoms with Gasteiger partial charge in [0.1, 0.15) is 4.90 Å². The number of rotatable bonds is 5. The quantitative estimate of drug-likeness (QED) is 0.688. The Morgan fingerprint density at radius 1 is 1.22 bits per heavy atom. The summed E-state index contributed by atoms with van der Waals surface area (Å²) in [5, 5.41) is 4.22. The number of sulfonamides is 1. The summed E-state index contributed by atoms with van der Waals surface area (Å²) in [6, 6.07) is 5.14. The molecule has 0 atom stereocenters. The highest BCUT2D eigenvalue weighted by atomic mass is 35.5. The number of nitrogens with zero attached hydrogens (tertiary/aromatic N) is 3. The van der Waals surface area contributed by atoms with Gasteiger partial charge in [0.05, 0.1) is 16.3 Å². The van der Waals surface area contributed by atoms with E-state index in [2.05, 4.69) is 14.9 Å². The van der Waals surface area contributed by atoms with Gasteiger partial charge in [-0.25, -0.2) is 8.42 Å². The first-order chi connectivity index (χ1) is 12.7. The minimum absolute atomic E-state index is 0.102. The highest BCUT2D eigenvalue weighted by molar-refractivity contribution is 7.93. The van der Waals surface area contributed by atoms with Crippen LogP contribution < -0.4 is 4.72 Å². The SMILES string of the molecule is CCc1noc(-c2c(S(=O)(=O)Nc3ccc(C)cc3Cl)c(C)n(C)c2C)n1. The van der Waals surface area contributed by atoms with Crippen molar-refractivity contribution in [1.82, 2.24) is 14.7 Å². The third kappa shape index (κ3) is 3.46. The molecule has 0 radical (unpaired) electrons. The Morgan fingerprint density at radius 2 is 1.93 bits per heavy atom. The van der Waals surface area contributed by atoms with Crippen LogP contribution in [0, 0.1) is 20.8 Å². The number of nitrogens with one attached hydrogen (secondary N) is 1. The van der Waals surface area contributed by atoms with Crippen LogP contribution >= 0.6 is 11.6 Å².